The number of nitrogens with zero attached hydrogens (tertiary/aromatic N) is 3. The third-order valence-electron chi connectivity index (χ3n) is 6.93. The van der Waals surface area contributed by atoms with Crippen LogP contribution in [0, 0.1) is 18.7 Å². The molecule has 0 radical (unpaired) electrons. The van der Waals surface area contributed by atoms with Gasteiger partial charge in [-0.1, -0.05) is 67.9 Å². The van der Waals surface area contributed by atoms with Crippen LogP contribution in [0.25, 0.3) is 22.1 Å². The minimum atomic E-state index is -0.625. The van der Waals surface area contributed by atoms with Crippen LogP contribution < -0.4 is 11.3 Å². The monoisotopic (exact) mass is 526 g/mol. The molecule has 0 aliphatic heterocycles. The number of aromatic nitrogens is 2. The van der Waals surface area contributed by atoms with E-state index in [1.807, 2.05) is 63.2 Å². The molecule has 2 aromatic heterocycles. The SMILES string of the molecule is Cc1ccc(C(=O)N(CCN)C(c2nc3c(oc4cccc(F)c43)c(=O)n2Cc2ccccc2)C(C)C)cc1. The number of rotatable bonds is 8. The van der Waals surface area contributed by atoms with Crippen LogP contribution in [0.4, 0.5) is 4.39 Å². The fourth-order valence-corrected chi connectivity index (χ4v) is 5.05. The molecule has 2 N–H and O–H groups in total. The summed E-state index contributed by atoms with van der Waals surface area (Å²) in [5.74, 6) is -0.546. The predicted molar refractivity (Wildman–Crippen MR) is 150 cm³/mol. The van der Waals surface area contributed by atoms with E-state index in [9.17, 15) is 14.0 Å². The van der Waals surface area contributed by atoms with Gasteiger partial charge in [-0.25, -0.2) is 9.37 Å². The molecule has 1 atom stereocenters. The first-order valence-electron chi connectivity index (χ1n) is 13.0. The number of hydrogen-bond donors (Lipinski definition) is 1. The van der Waals surface area contributed by atoms with Crippen molar-refractivity contribution in [2.24, 2.45) is 11.7 Å². The largest absolute Gasteiger partial charge is 0.448 e. The van der Waals surface area contributed by atoms with Crippen LogP contribution in [0.5, 0.6) is 0 Å². The lowest BCUT2D eigenvalue weighted by Gasteiger charge is -2.35. The number of halogens is 1. The molecule has 200 valence electrons. The maximum absolute atomic E-state index is 15.0. The summed E-state index contributed by atoms with van der Waals surface area (Å²) in [6, 6.07) is 20.7. The zero-order valence-corrected chi connectivity index (χ0v) is 22.2. The van der Waals surface area contributed by atoms with Gasteiger partial charge in [-0.2, -0.15) is 0 Å². The summed E-state index contributed by atoms with van der Waals surface area (Å²) in [6.45, 7) is 6.56. The van der Waals surface area contributed by atoms with Crippen LogP contribution >= 0.6 is 0 Å². The van der Waals surface area contributed by atoms with Crippen LogP contribution in [0.1, 0.15) is 47.2 Å². The molecule has 2 heterocycles. The van der Waals surface area contributed by atoms with E-state index in [2.05, 4.69) is 0 Å². The molecule has 0 aliphatic rings. The van der Waals surface area contributed by atoms with Crippen molar-refractivity contribution >= 4 is 28.0 Å². The minimum Gasteiger partial charge on any atom is -0.448 e. The standard InChI is InChI=1S/C31H31FN4O3/c1-19(2)27(35(17-16-33)30(37)22-14-12-20(3)13-15-22)29-34-26-25-23(32)10-7-11-24(25)39-28(26)31(38)36(29)18-21-8-5-4-6-9-21/h4-15,19,27H,16-18,33H2,1-3H3. The molecule has 8 heteroatoms. The van der Waals surface area contributed by atoms with E-state index in [0.717, 1.165) is 11.1 Å². The van der Waals surface area contributed by atoms with Gasteiger partial charge in [0.1, 0.15) is 22.7 Å². The number of benzene rings is 3. The quantitative estimate of drug-likeness (QED) is 0.291. The van der Waals surface area contributed by atoms with Crippen molar-refractivity contribution < 1.29 is 13.6 Å². The van der Waals surface area contributed by atoms with Crippen molar-refractivity contribution in [2.45, 2.75) is 33.4 Å². The minimum absolute atomic E-state index is 0.0208. The first-order chi connectivity index (χ1) is 18.8. The van der Waals surface area contributed by atoms with Gasteiger partial charge in [0.05, 0.1) is 18.0 Å². The van der Waals surface area contributed by atoms with Crippen molar-refractivity contribution in [2.75, 3.05) is 13.1 Å². The summed E-state index contributed by atoms with van der Waals surface area (Å²) in [4.78, 5) is 34.4. The van der Waals surface area contributed by atoms with Gasteiger partial charge in [0, 0.05) is 18.7 Å². The molecular formula is C31H31FN4O3. The normalized spacial score (nSPS) is 12.4. The van der Waals surface area contributed by atoms with Crippen LogP contribution in [0.15, 0.2) is 82.0 Å². The number of carbonyl (C=O) groups is 1. The van der Waals surface area contributed by atoms with Gasteiger partial charge in [-0.15, -0.1) is 0 Å². The highest BCUT2D eigenvalue weighted by Gasteiger charge is 2.33. The summed E-state index contributed by atoms with van der Waals surface area (Å²) in [5.41, 5.74) is 8.36. The molecule has 0 spiro atoms. The third kappa shape index (κ3) is 4.95. The van der Waals surface area contributed by atoms with E-state index in [1.165, 1.54) is 16.7 Å². The fourth-order valence-electron chi connectivity index (χ4n) is 5.05. The number of aryl methyl sites for hydroxylation is 1. The van der Waals surface area contributed by atoms with Crippen LogP contribution in [-0.2, 0) is 6.54 Å². The second kappa shape index (κ2) is 10.8. The summed E-state index contributed by atoms with van der Waals surface area (Å²) < 4.78 is 22.4. The Morgan fingerprint density at radius 3 is 2.44 bits per heavy atom. The van der Waals surface area contributed by atoms with Gasteiger partial charge in [0.2, 0.25) is 5.58 Å². The Bertz CT molecular complexity index is 1690. The number of nitrogens with two attached hydrogens (primary N) is 1. The smallest absolute Gasteiger partial charge is 0.297 e. The van der Waals surface area contributed by atoms with Crippen molar-refractivity contribution in [3.63, 3.8) is 0 Å². The Labute approximate surface area is 225 Å². The molecule has 1 amide bonds. The average molecular weight is 527 g/mol. The van der Waals surface area contributed by atoms with E-state index in [0.29, 0.717) is 11.4 Å². The number of hydrogen-bond acceptors (Lipinski definition) is 5. The number of fused-ring (bicyclic) bond motifs is 3. The van der Waals surface area contributed by atoms with E-state index >= 15 is 0 Å². The fraction of sp³-hybridized carbons (Fsp3) is 0.258. The molecule has 0 bridgehead atoms. The Balaban J connectivity index is 1.77. The topological polar surface area (TPSA) is 94.4 Å². The molecule has 0 fully saturated rings. The highest BCUT2D eigenvalue weighted by Crippen LogP contribution is 2.33. The molecule has 39 heavy (non-hydrogen) atoms. The Kier molecular flexibility index (Phi) is 7.30. The van der Waals surface area contributed by atoms with E-state index in [4.69, 9.17) is 15.1 Å². The highest BCUT2D eigenvalue weighted by molar-refractivity contribution is 6.02. The summed E-state index contributed by atoms with van der Waals surface area (Å²) >= 11 is 0. The molecule has 5 aromatic rings. The molecule has 1 unspecified atom stereocenters. The van der Waals surface area contributed by atoms with E-state index < -0.39 is 17.4 Å². The lowest BCUT2D eigenvalue weighted by molar-refractivity contribution is 0.0612. The summed E-state index contributed by atoms with van der Waals surface area (Å²) in [7, 11) is 0. The zero-order valence-electron chi connectivity index (χ0n) is 22.2. The van der Waals surface area contributed by atoms with Crippen molar-refractivity contribution in [1.29, 1.82) is 0 Å². The maximum Gasteiger partial charge on any atom is 0.297 e. The van der Waals surface area contributed by atoms with Gasteiger partial charge < -0.3 is 15.1 Å². The molecule has 0 saturated carbocycles. The van der Waals surface area contributed by atoms with Gasteiger partial charge in [-0.05, 0) is 42.7 Å². The molecular weight excluding hydrogens is 495 g/mol. The summed E-state index contributed by atoms with van der Waals surface area (Å²) in [5, 5.41) is 0.149. The van der Waals surface area contributed by atoms with Crippen LogP contribution in [0.3, 0.4) is 0 Å². The zero-order chi connectivity index (χ0) is 27.7. The first kappa shape index (κ1) is 26.3. The second-order valence-corrected chi connectivity index (χ2v) is 10.1. The van der Waals surface area contributed by atoms with Crippen molar-refractivity contribution in [3.8, 4) is 0 Å². The number of carbonyl (C=O) groups excluding carboxylic acids is 1. The van der Waals surface area contributed by atoms with Gasteiger partial charge in [0.25, 0.3) is 11.5 Å². The predicted octanol–water partition coefficient (Wildman–Crippen LogP) is 5.44. The van der Waals surface area contributed by atoms with Crippen LogP contribution in [-0.4, -0.2) is 33.4 Å². The van der Waals surface area contributed by atoms with Gasteiger partial charge in [-0.3, -0.25) is 14.2 Å². The number of furan rings is 1. The van der Waals surface area contributed by atoms with E-state index in [-0.39, 0.29) is 53.5 Å². The van der Waals surface area contributed by atoms with Gasteiger partial charge in [0.15, 0.2) is 0 Å². The highest BCUT2D eigenvalue weighted by atomic mass is 19.1. The number of amides is 1. The lowest BCUT2D eigenvalue weighted by atomic mass is 9.99. The van der Waals surface area contributed by atoms with Gasteiger partial charge >= 0.3 is 0 Å². The molecule has 0 saturated heterocycles. The molecule has 5 rings (SSSR count). The third-order valence-corrected chi connectivity index (χ3v) is 6.93. The van der Waals surface area contributed by atoms with Crippen molar-refractivity contribution in [1.82, 2.24) is 14.5 Å². The average Bonchev–Trinajstić information content (AvgIpc) is 3.31. The lowest BCUT2D eigenvalue weighted by Crippen LogP contribution is -2.43. The Morgan fingerprint density at radius 1 is 1.05 bits per heavy atom. The molecule has 3 aromatic carbocycles. The van der Waals surface area contributed by atoms with E-state index in [1.54, 1.807) is 23.1 Å². The second-order valence-electron chi connectivity index (χ2n) is 10.1. The van der Waals surface area contributed by atoms with Crippen molar-refractivity contribution in [3.05, 3.63) is 111 Å². The Hall–Kier alpha value is -4.30. The molecule has 7 nitrogen and oxygen atoms in total. The summed E-state index contributed by atoms with van der Waals surface area (Å²) in [6.07, 6.45) is 0. The van der Waals surface area contributed by atoms with Crippen LogP contribution in [0.2, 0.25) is 0 Å². The maximum atomic E-state index is 15.0. The first-order valence-corrected chi connectivity index (χ1v) is 13.0. The molecule has 0 aliphatic carbocycles. The Morgan fingerprint density at radius 2 is 1.77 bits per heavy atom.